The molecule has 1 atom stereocenters. The van der Waals surface area contributed by atoms with Gasteiger partial charge in [0.15, 0.2) is 0 Å². The maximum absolute atomic E-state index is 9.39. The van der Waals surface area contributed by atoms with Gasteiger partial charge in [-0.3, -0.25) is 0 Å². The zero-order chi connectivity index (χ0) is 12.5. The molecule has 1 aliphatic rings. The number of nitrogens with one attached hydrogen (secondary N) is 1. The predicted octanol–water partition coefficient (Wildman–Crippen LogP) is 2.38. The SMILES string of the molecule is Cc1ncsc1CNC1COc2cc(O)ccc21. The Morgan fingerprint density at radius 3 is 3.22 bits per heavy atom. The quantitative estimate of drug-likeness (QED) is 0.891. The van der Waals surface area contributed by atoms with Gasteiger partial charge in [-0.2, -0.15) is 0 Å². The van der Waals surface area contributed by atoms with Crippen LogP contribution in [0, 0.1) is 6.92 Å². The maximum Gasteiger partial charge on any atom is 0.127 e. The molecule has 5 heteroatoms. The number of ether oxygens (including phenoxy) is 1. The van der Waals surface area contributed by atoms with Crippen LogP contribution in [0.25, 0.3) is 0 Å². The standard InChI is InChI=1S/C13H14N2O2S/c1-8-13(18-7-15-8)5-14-11-6-17-12-4-9(16)2-3-10(11)12/h2-4,7,11,14,16H,5-6H2,1H3. The van der Waals surface area contributed by atoms with Crippen LogP contribution in [0.4, 0.5) is 0 Å². The second-order valence-corrected chi connectivity index (χ2v) is 5.27. The Balaban J connectivity index is 1.71. The Labute approximate surface area is 109 Å². The minimum absolute atomic E-state index is 0.182. The first-order chi connectivity index (χ1) is 8.74. The molecule has 4 nitrogen and oxygen atoms in total. The average Bonchev–Trinajstić information content (AvgIpc) is 2.93. The van der Waals surface area contributed by atoms with E-state index in [1.54, 1.807) is 23.5 Å². The lowest BCUT2D eigenvalue weighted by Gasteiger charge is -2.10. The lowest BCUT2D eigenvalue weighted by Crippen LogP contribution is -2.21. The molecule has 0 fully saturated rings. The van der Waals surface area contributed by atoms with Crippen LogP contribution in [-0.2, 0) is 6.54 Å². The number of hydrogen-bond acceptors (Lipinski definition) is 5. The highest BCUT2D eigenvalue weighted by Gasteiger charge is 2.24. The van der Waals surface area contributed by atoms with Gasteiger partial charge >= 0.3 is 0 Å². The number of aromatic hydroxyl groups is 1. The van der Waals surface area contributed by atoms with E-state index in [0.29, 0.717) is 6.61 Å². The second-order valence-electron chi connectivity index (χ2n) is 4.33. The monoisotopic (exact) mass is 262 g/mol. The summed E-state index contributed by atoms with van der Waals surface area (Å²) >= 11 is 1.66. The summed E-state index contributed by atoms with van der Waals surface area (Å²) in [6, 6.07) is 5.45. The fraction of sp³-hybridized carbons (Fsp3) is 0.308. The molecule has 1 aromatic heterocycles. The lowest BCUT2D eigenvalue weighted by atomic mass is 10.1. The van der Waals surface area contributed by atoms with E-state index in [1.807, 2.05) is 18.5 Å². The van der Waals surface area contributed by atoms with Crippen LogP contribution >= 0.6 is 11.3 Å². The van der Waals surface area contributed by atoms with Crippen LogP contribution in [0.5, 0.6) is 11.5 Å². The molecule has 0 saturated heterocycles. The van der Waals surface area contributed by atoms with Gasteiger partial charge in [0.05, 0.1) is 17.2 Å². The highest BCUT2D eigenvalue weighted by Crippen LogP contribution is 2.35. The molecule has 0 saturated carbocycles. The summed E-state index contributed by atoms with van der Waals surface area (Å²) in [5.74, 6) is 1.02. The first-order valence-corrected chi connectivity index (χ1v) is 6.70. The highest BCUT2D eigenvalue weighted by atomic mass is 32.1. The van der Waals surface area contributed by atoms with E-state index in [9.17, 15) is 5.11 Å². The van der Waals surface area contributed by atoms with E-state index in [2.05, 4.69) is 10.3 Å². The molecule has 0 spiro atoms. The summed E-state index contributed by atoms with van der Waals surface area (Å²) in [5.41, 5.74) is 4.05. The number of phenolic OH excluding ortho intramolecular Hbond substituents is 1. The van der Waals surface area contributed by atoms with Gasteiger partial charge < -0.3 is 15.2 Å². The van der Waals surface area contributed by atoms with Gasteiger partial charge in [-0.25, -0.2) is 4.98 Å². The Morgan fingerprint density at radius 1 is 1.56 bits per heavy atom. The lowest BCUT2D eigenvalue weighted by molar-refractivity contribution is 0.310. The van der Waals surface area contributed by atoms with E-state index in [-0.39, 0.29) is 11.8 Å². The second kappa shape index (κ2) is 4.59. The number of benzene rings is 1. The van der Waals surface area contributed by atoms with Crippen molar-refractivity contribution in [3.63, 3.8) is 0 Å². The number of thiazole rings is 1. The molecule has 2 aromatic rings. The molecule has 0 aliphatic carbocycles. The molecule has 3 rings (SSSR count). The molecular formula is C13H14N2O2S. The van der Waals surface area contributed by atoms with Gasteiger partial charge in [0.25, 0.3) is 0 Å². The summed E-state index contributed by atoms with van der Waals surface area (Å²) in [7, 11) is 0. The van der Waals surface area contributed by atoms with Crippen molar-refractivity contribution in [2.75, 3.05) is 6.61 Å². The van der Waals surface area contributed by atoms with Crippen molar-refractivity contribution in [1.29, 1.82) is 0 Å². The first-order valence-electron chi connectivity index (χ1n) is 5.82. The van der Waals surface area contributed by atoms with Crippen molar-refractivity contribution in [3.8, 4) is 11.5 Å². The van der Waals surface area contributed by atoms with E-state index >= 15 is 0 Å². The Kier molecular flexibility index (Phi) is 2.93. The topological polar surface area (TPSA) is 54.4 Å². The van der Waals surface area contributed by atoms with Gasteiger partial charge in [-0.15, -0.1) is 11.3 Å². The molecule has 94 valence electrons. The largest absolute Gasteiger partial charge is 0.508 e. The Morgan fingerprint density at radius 2 is 2.44 bits per heavy atom. The van der Waals surface area contributed by atoms with Crippen molar-refractivity contribution in [1.82, 2.24) is 10.3 Å². The van der Waals surface area contributed by atoms with Crippen LogP contribution in [0.15, 0.2) is 23.7 Å². The van der Waals surface area contributed by atoms with Gasteiger partial charge in [0.1, 0.15) is 18.1 Å². The summed E-state index contributed by atoms with van der Waals surface area (Å²) in [6.07, 6.45) is 0. The smallest absolute Gasteiger partial charge is 0.127 e. The molecule has 2 heterocycles. The van der Waals surface area contributed by atoms with Crippen molar-refractivity contribution in [2.45, 2.75) is 19.5 Å². The van der Waals surface area contributed by atoms with Crippen LogP contribution in [0.2, 0.25) is 0 Å². The molecule has 2 N–H and O–H groups in total. The number of rotatable bonds is 3. The number of fused-ring (bicyclic) bond motifs is 1. The van der Waals surface area contributed by atoms with Gasteiger partial charge in [0.2, 0.25) is 0 Å². The molecule has 0 radical (unpaired) electrons. The zero-order valence-corrected chi connectivity index (χ0v) is 10.8. The third kappa shape index (κ3) is 2.07. The Bertz CT molecular complexity index is 568. The first kappa shape index (κ1) is 11.5. The molecule has 1 unspecified atom stereocenters. The normalized spacial score (nSPS) is 17.5. The fourth-order valence-corrected chi connectivity index (χ4v) is 2.81. The van der Waals surface area contributed by atoms with Crippen molar-refractivity contribution >= 4 is 11.3 Å². The molecular weight excluding hydrogens is 248 g/mol. The molecule has 18 heavy (non-hydrogen) atoms. The number of nitrogens with zero attached hydrogens (tertiary/aromatic N) is 1. The number of phenols is 1. The Hall–Kier alpha value is -1.59. The van der Waals surface area contributed by atoms with Crippen LogP contribution in [0.3, 0.4) is 0 Å². The van der Waals surface area contributed by atoms with Crippen LogP contribution in [0.1, 0.15) is 22.2 Å². The fourth-order valence-electron chi connectivity index (χ4n) is 2.08. The number of aromatic nitrogens is 1. The van der Waals surface area contributed by atoms with E-state index < -0.39 is 0 Å². The molecule has 0 amide bonds. The third-order valence-electron chi connectivity index (χ3n) is 3.13. The van der Waals surface area contributed by atoms with Gasteiger partial charge in [0, 0.05) is 23.1 Å². The van der Waals surface area contributed by atoms with Gasteiger partial charge in [-0.1, -0.05) is 0 Å². The van der Waals surface area contributed by atoms with Crippen molar-refractivity contribution < 1.29 is 9.84 Å². The molecule has 0 bridgehead atoms. The maximum atomic E-state index is 9.39. The number of aryl methyl sites for hydroxylation is 1. The summed E-state index contributed by atoms with van der Waals surface area (Å²) in [5, 5.41) is 12.9. The minimum Gasteiger partial charge on any atom is -0.508 e. The highest BCUT2D eigenvalue weighted by molar-refractivity contribution is 7.09. The van der Waals surface area contributed by atoms with Crippen LogP contribution < -0.4 is 10.1 Å². The molecule has 1 aliphatic heterocycles. The summed E-state index contributed by atoms with van der Waals surface area (Å²) < 4.78 is 5.56. The van der Waals surface area contributed by atoms with Gasteiger partial charge in [-0.05, 0) is 19.1 Å². The third-order valence-corrected chi connectivity index (χ3v) is 4.07. The number of hydrogen-bond donors (Lipinski definition) is 2. The van der Waals surface area contributed by atoms with E-state index in [4.69, 9.17) is 4.74 Å². The van der Waals surface area contributed by atoms with Crippen molar-refractivity contribution in [2.24, 2.45) is 0 Å². The summed E-state index contributed by atoms with van der Waals surface area (Å²) in [4.78, 5) is 5.48. The van der Waals surface area contributed by atoms with E-state index in [1.165, 1.54) is 4.88 Å². The minimum atomic E-state index is 0.182. The predicted molar refractivity (Wildman–Crippen MR) is 70.0 cm³/mol. The van der Waals surface area contributed by atoms with Crippen molar-refractivity contribution in [3.05, 3.63) is 39.8 Å². The average molecular weight is 262 g/mol. The summed E-state index contributed by atoms with van der Waals surface area (Å²) in [6.45, 7) is 3.42. The van der Waals surface area contributed by atoms with E-state index in [0.717, 1.165) is 23.6 Å². The zero-order valence-electron chi connectivity index (χ0n) is 10.0. The molecule has 1 aromatic carbocycles. The van der Waals surface area contributed by atoms with Crippen LogP contribution in [-0.4, -0.2) is 16.7 Å².